The highest BCUT2D eigenvalue weighted by molar-refractivity contribution is 5.36. The van der Waals surface area contributed by atoms with E-state index in [0.717, 1.165) is 38.3 Å². The number of benzene rings is 1. The maximum Gasteiger partial charge on any atom is 0.119 e. The monoisotopic (exact) mass is 224 g/mol. The average Bonchev–Trinajstić information content (AvgIpc) is 2.17. The van der Waals surface area contributed by atoms with Crippen molar-refractivity contribution < 1.29 is 10.2 Å². The van der Waals surface area contributed by atoms with Crippen molar-refractivity contribution in [1.82, 2.24) is 10.2 Å². The lowest BCUT2D eigenvalue weighted by Crippen LogP contribution is -2.42. The highest BCUT2D eigenvalue weighted by Gasteiger charge is 2.10. The lowest BCUT2D eigenvalue weighted by atomic mass is 10.2. The molecule has 0 amide bonds. The summed E-state index contributed by atoms with van der Waals surface area (Å²) in [5.41, 5.74) is 0.953. The van der Waals surface area contributed by atoms with Crippen molar-refractivity contribution >= 4 is 0 Å². The largest absolute Gasteiger partial charge is 0.508 e. The van der Waals surface area contributed by atoms with E-state index >= 15 is 0 Å². The van der Waals surface area contributed by atoms with E-state index < -0.39 is 0 Å². The SMILES string of the molecule is C.Oc1cc(O)cc(CN2CCNCC2)c1. The van der Waals surface area contributed by atoms with Crippen LogP contribution in [0.5, 0.6) is 11.5 Å². The molecule has 0 aromatic heterocycles. The zero-order chi connectivity index (χ0) is 10.7. The number of phenols is 2. The molecule has 4 heteroatoms. The van der Waals surface area contributed by atoms with Crippen molar-refractivity contribution in [3.05, 3.63) is 23.8 Å². The number of hydrogen-bond acceptors (Lipinski definition) is 4. The third-order valence-electron chi connectivity index (χ3n) is 2.58. The Morgan fingerprint density at radius 3 is 2.19 bits per heavy atom. The summed E-state index contributed by atoms with van der Waals surface area (Å²) >= 11 is 0. The van der Waals surface area contributed by atoms with E-state index in [2.05, 4.69) is 10.2 Å². The van der Waals surface area contributed by atoms with Gasteiger partial charge in [0.2, 0.25) is 0 Å². The minimum atomic E-state index is 0. The fourth-order valence-electron chi connectivity index (χ4n) is 1.88. The molecule has 1 aliphatic heterocycles. The quantitative estimate of drug-likeness (QED) is 0.705. The molecule has 1 heterocycles. The van der Waals surface area contributed by atoms with Crippen molar-refractivity contribution in [2.45, 2.75) is 14.0 Å². The average molecular weight is 224 g/mol. The standard InChI is InChI=1S/C11H16N2O2.CH4/c14-10-5-9(6-11(15)7-10)8-13-3-1-12-2-4-13;/h5-7,12,14-15H,1-4,8H2;1H4. The predicted molar refractivity (Wildman–Crippen MR) is 64.6 cm³/mol. The smallest absolute Gasteiger partial charge is 0.119 e. The van der Waals surface area contributed by atoms with Crippen molar-refractivity contribution in [2.24, 2.45) is 0 Å². The molecule has 0 atom stereocenters. The Morgan fingerprint density at radius 2 is 1.62 bits per heavy atom. The second-order valence-corrected chi connectivity index (χ2v) is 3.88. The highest BCUT2D eigenvalue weighted by atomic mass is 16.3. The summed E-state index contributed by atoms with van der Waals surface area (Å²) < 4.78 is 0. The maximum atomic E-state index is 9.33. The first kappa shape index (κ1) is 12.8. The molecule has 0 unspecified atom stereocenters. The van der Waals surface area contributed by atoms with Gasteiger partial charge in [0.1, 0.15) is 11.5 Å². The van der Waals surface area contributed by atoms with Crippen molar-refractivity contribution in [3.63, 3.8) is 0 Å². The van der Waals surface area contributed by atoms with Crippen LogP contribution in [0.1, 0.15) is 13.0 Å². The summed E-state index contributed by atoms with van der Waals surface area (Å²) in [6.07, 6.45) is 0. The summed E-state index contributed by atoms with van der Waals surface area (Å²) in [5.74, 6) is 0.250. The minimum absolute atomic E-state index is 0. The van der Waals surface area contributed by atoms with Gasteiger partial charge in [-0.1, -0.05) is 7.43 Å². The lowest BCUT2D eigenvalue weighted by Gasteiger charge is -2.27. The van der Waals surface area contributed by atoms with E-state index in [1.165, 1.54) is 6.07 Å². The van der Waals surface area contributed by atoms with E-state index in [-0.39, 0.29) is 18.9 Å². The van der Waals surface area contributed by atoms with Crippen LogP contribution >= 0.6 is 0 Å². The van der Waals surface area contributed by atoms with Gasteiger partial charge in [-0.15, -0.1) is 0 Å². The van der Waals surface area contributed by atoms with Gasteiger partial charge in [0.25, 0.3) is 0 Å². The zero-order valence-electron chi connectivity index (χ0n) is 8.61. The molecule has 90 valence electrons. The first-order chi connectivity index (χ1) is 7.24. The molecule has 3 N–H and O–H groups in total. The van der Waals surface area contributed by atoms with Crippen LogP contribution in [-0.4, -0.2) is 41.3 Å². The molecule has 16 heavy (non-hydrogen) atoms. The molecule has 1 aliphatic rings. The summed E-state index contributed by atoms with van der Waals surface area (Å²) in [6.45, 7) is 4.81. The maximum absolute atomic E-state index is 9.33. The highest BCUT2D eigenvalue weighted by Crippen LogP contribution is 2.21. The lowest BCUT2D eigenvalue weighted by molar-refractivity contribution is 0.232. The molecule has 2 rings (SSSR count). The normalized spacial score (nSPS) is 16.8. The van der Waals surface area contributed by atoms with Gasteiger partial charge < -0.3 is 15.5 Å². The second kappa shape index (κ2) is 5.72. The Morgan fingerprint density at radius 1 is 1.06 bits per heavy atom. The summed E-state index contributed by atoms with van der Waals surface area (Å²) in [6, 6.07) is 4.74. The van der Waals surface area contributed by atoms with E-state index in [9.17, 15) is 10.2 Å². The molecule has 1 saturated heterocycles. The van der Waals surface area contributed by atoms with Crippen LogP contribution in [0.3, 0.4) is 0 Å². The topological polar surface area (TPSA) is 55.7 Å². The van der Waals surface area contributed by atoms with E-state index in [4.69, 9.17) is 0 Å². The Kier molecular flexibility index (Phi) is 4.58. The number of hydrogen-bond donors (Lipinski definition) is 3. The Bertz CT molecular complexity index is 316. The number of aromatic hydroxyl groups is 2. The molecular formula is C12H20N2O2. The number of nitrogens with zero attached hydrogens (tertiary/aromatic N) is 1. The summed E-state index contributed by atoms with van der Waals surface area (Å²) in [5, 5.41) is 21.9. The van der Waals surface area contributed by atoms with Crippen molar-refractivity contribution in [2.75, 3.05) is 26.2 Å². The second-order valence-electron chi connectivity index (χ2n) is 3.88. The number of nitrogens with one attached hydrogen (secondary N) is 1. The van der Waals surface area contributed by atoms with E-state index in [1.54, 1.807) is 12.1 Å². The number of rotatable bonds is 2. The van der Waals surface area contributed by atoms with Crippen LogP contribution in [0.15, 0.2) is 18.2 Å². The fraction of sp³-hybridized carbons (Fsp3) is 0.500. The van der Waals surface area contributed by atoms with E-state index in [1.807, 2.05) is 0 Å². The van der Waals surface area contributed by atoms with Gasteiger partial charge in [0, 0.05) is 38.8 Å². The van der Waals surface area contributed by atoms with Gasteiger partial charge in [-0.3, -0.25) is 4.90 Å². The van der Waals surface area contributed by atoms with Crippen molar-refractivity contribution in [3.8, 4) is 11.5 Å². The van der Waals surface area contributed by atoms with Gasteiger partial charge in [-0.25, -0.2) is 0 Å². The van der Waals surface area contributed by atoms with Crippen molar-refractivity contribution in [1.29, 1.82) is 0 Å². The van der Waals surface area contributed by atoms with Gasteiger partial charge in [-0.2, -0.15) is 0 Å². The molecule has 1 aromatic rings. The molecular weight excluding hydrogens is 204 g/mol. The van der Waals surface area contributed by atoms with Crippen LogP contribution in [0, 0.1) is 0 Å². The molecule has 0 bridgehead atoms. The van der Waals surface area contributed by atoms with Crippen LogP contribution in [0.25, 0.3) is 0 Å². The predicted octanol–water partition coefficient (Wildman–Crippen LogP) is 1.14. The van der Waals surface area contributed by atoms with Crippen LogP contribution in [-0.2, 0) is 6.54 Å². The summed E-state index contributed by atoms with van der Waals surface area (Å²) in [7, 11) is 0. The van der Waals surface area contributed by atoms with E-state index in [0.29, 0.717) is 0 Å². The zero-order valence-corrected chi connectivity index (χ0v) is 8.61. The Hall–Kier alpha value is -1.26. The van der Waals surface area contributed by atoms with Gasteiger partial charge in [0.15, 0.2) is 0 Å². The first-order valence-corrected chi connectivity index (χ1v) is 5.19. The van der Waals surface area contributed by atoms with Crippen LogP contribution in [0.2, 0.25) is 0 Å². The minimum Gasteiger partial charge on any atom is -0.508 e. The van der Waals surface area contributed by atoms with Crippen LogP contribution in [0.4, 0.5) is 0 Å². The number of piperazine rings is 1. The molecule has 0 aliphatic carbocycles. The molecule has 0 spiro atoms. The van der Waals surface area contributed by atoms with Gasteiger partial charge in [-0.05, 0) is 17.7 Å². The third-order valence-corrected chi connectivity index (χ3v) is 2.58. The molecule has 4 nitrogen and oxygen atoms in total. The first-order valence-electron chi connectivity index (χ1n) is 5.19. The third kappa shape index (κ3) is 3.40. The number of phenolic OH excluding ortho intramolecular Hbond substituents is 2. The van der Waals surface area contributed by atoms with Gasteiger partial charge in [0.05, 0.1) is 0 Å². The molecule has 1 fully saturated rings. The fourth-order valence-corrected chi connectivity index (χ4v) is 1.88. The Labute approximate surface area is 96.5 Å². The molecule has 0 saturated carbocycles. The Balaban J connectivity index is 0.00000128. The molecule has 0 radical (unpaired) electrons. The van der Waals surface area contributed by atoms with Gasteiger partial charge >= 0.3 is 0 Å². The molecule has 1 aromatic carbocycles. The van der Waals surface area contributed by atoms with Crippen LogP contribution < -0.4 is 5.32 Å². The summed E-state index contributed by atoms with van der Waals surface area (Å²) in [4.78, 5) is 2.30.